The van der Waals surface area contributed by atoms with Crippen molar-refractivity contribution in [3.8, 4) is 0 Å². The number of rotatable bonds is 1. The van der Waals surface area contributed by atoms with Crippen molar-refractivity contribution in [1.82, 2.24) is 0 Å². The molecule has 0 unspecified atom stereocenters. The highest BCUT2D eigenvalue weighted by Crippen LogP contribution is 2.38. The fourth-order valence-corrected chi connectivity index (χ4v) is 2.57. The Kier molecular flexibility index (Phi) is 2.71. The van der Waals surface area contributed by atoms with Crippen LogP contribution in [0.1, 0.15) is 16.7 Å². The van der Waals surface area contributed by atoms with Gasteiger partial charge < -0.3 is 4.90 Å². The van der Waals surface area contributed by atoms with Crippen molar-refractivity contribution in [2.45, 2.75) is 6.92 Å². The maximum absolute atomic E-state index is 12.4. The van der Waals surface area contributed by atoms with Crippen LogP contribution < -0.4 is 4.90 Å². The van der Waals surface area contributed by atoms with E-state index in [1.807, 2.05) is 68.6 Å². The van der Waals surface area contributed by atoms with Crippen molar-refractivity contribution in [2.75, 3.05) is 11.9 Å². The number of benzene rings is 2. The quantitative estimate of drug-likeness (QED) is 0.708. The molecule has 1 heterocycles. The van der Waals surface area contributed by atoms with Gasteiger partial charge in [-0.15, -0.1) is 0 Å². The number of likely N-dealkylation sites (N-methyl/N-ethyl adjacent to an activating group) is 1. The van der Waals surface area contributed by atoms with Crippen LogP contribution in [0.4, 0.5) is 5.69 Å². The number of nitrogens with zero attached hydrogens (tertiary/aromatic N) is 1. The normalized spacial score (nSPS) is 16.0. The van der Waals surface area contributed by atoms with Crippen molar-refractivity contribution in [1.29, 1.82) is 0 Å². The maximum atomic E-state index is 12.4. The van der Waals surface area contributed by atoms with Gasteiger partial charge >= 0.3 is 0 Å². The summed E-state index contributed by atoms with van der Waals surface area (Å²) in [4.78, 5) is 14.1. The smallest absolute Gasteiger partial charge is 0.258 e. The van der Waals surface area contributed by atoms with Gasteiger partial charge in [-0.25, -0.2) is 0 Å². The van der Waals surface area contributed by atoms with Gasteiger partial charge in [-0.2, -0.15) is 0 Å². The van der Waals surface area contributed by atoms with Crippen molar-refractivity contribution in [3.05, 3.63) is 65.2 Å². The number of anilines is 1. The molecule has 0 atom stereocenters. The van der Waals surface area contributed by atoms with Crippen LogP contribution in [0.15, 0.2) is 48.5 Å². The Bertz CT molecular complexity index is 671. The van der Waals surface area contributed by atoms with E-state index in [0.29, 0.717) is 0 Å². The summed E-state index contributed by atoms with van der Waals surface area (Å²) in [6, 6.07) is 16.0. The lowest BCUT2D eigenvalue weighted by atomic mass is 10.0. The highest BCUT2D eigenvalue weighted by molar-refractivity contribution is 6.35. The van der Waals surface area contributed by atoms with Crippen LogP contribution in [-0.2, 0) is 4.79 Å². The summed E-state index contributed by atoms with van der Waals surface area (Å²) in [5.41, 5.74) is 5.00. The zero-order valence-electron chi connectivity index (χ0n) is 11.1. The molecule has 2 heteroatoms. The molecule has 2 aromatic carbocycles. The van der Waals surface area contributed by atoms with E-state index in [0.717, 1.165) is 28.0 Å². The van der Waals surface area contributed by atoms with E-state index < -0.39 is 0 Å². The van der Waals surface area contributed by atoms with Crippen molar-refractivity contribution >= 4 is 23.2 Å². The molecule has 0 N–H and O–H groups in total. The van der Waals surface area contributed by atoms with E-state index in [1.165, 1.54) is 0 Å². The number of carbonyl (C=O) groups is 1. The summed E-state index contributed by atoms with van der Waals surface area (Å²) in [6.45, 7) is 2.04. The van der Waals surface area contributed by atoms with Gasteiger partial charge in [0.1, 0.15) is 0 Å². The van der Waals surface area contributed by atoms with Gasteiger partial charge in [0.25, 0.3) is 5.91 Å². The van der Waals surface area contributed by atoms with Gasteiger partial charge in [0, 0.05) is 18.2 Å². The molecule has 3 rings (SSSR count). The van der Waals surface area contributed by atoms with Crippen LogP contribution in [0.5, 0.6) is 0 Å². The molecule has 0 fully saturated rings. The number of fused-ring (bicyclic) bond motifs is 1. The molecule has 1 aliphatic rings. The molecule has 0 aromatic heterocycles. The first-order chi connectivity index (χ1) is 9.18. The standard InChI is InChI=1S/C17H15NO/c1-12-7-6-10-14-15(17(19)18(2)16(12)14)11-13-8-4-3-5-9-13/h3-11H,1-2H3/b15-11-. The molecule has 94 valence electrons. The monoisotopic (exact) mass is 249 g/mol. The van der Waals surface area contributed by atoms with Gasteiger partial charge in [-0.05, 0) is 24.1 Å². The Balaban J connectivity index is 2.18. The number of amides is 1. The number of carbonyl (C=O) groups excluding carboxylic acids is 1. The zero-order chi connectivity index (χ0) is 13.4. The number of hydrogen-bond donors (Lipinski definition) is 0. The molecular formula is C17H15NO. The first-order valence-electron chi connectivity index (χ1n) is 6.33. The van der Waals surface area contributed by atoms with E-state index in [-0.39, 0.29) is 5.91 Å². The lowest BCUT2D eigenvalue weighted by Crippen LogP contribution is -2.20. The second-order valence-electron chi connectivity index (χ2n) is 4.80. The molecule has 0 bridgehead atoms. The summed E-state index contributed by atoms with van der Waals surface area (Å²) in [5.74, 6) is 0.0631. The lowest BCUT2D eigenvalue weighted by Gasteiger charge is -2.11. The van der Waals surface area contributed by atoms with Gasteiger partial charge in [-0.3, -0.25) is 4.79 Å². The molecule has 2 aromatic rings. The van der Waals surface area contributed by atoms with Gasteiger partial charge in [-0.1, -0.05) is 48.5 Å². The van der Waals surface area contributed by atoms with Crippen LogP contribution in [0.3, 0.4) is 0 Å². The van der Waals surface area contributed by atoms with Crippen LogP contribution in [0.25, 0.3) is 11.6 Å². The second-order valence-corrected chi connectivity index (χ2v) is 4.80. The minimum Gasteiger partial charge on any atom is -0.311 e. The van der Waals surface area contributed by atoms with Crippen LogP contribution in [0, 0.1) is 6.92 Å². The third kappa shape index (κ3) is 1.85. The predicted molar refractivity (Wildman–Crippen MR) is 78.9 cm³/mol. The number of para-hydroxylation sites is 1. The predicted octanol–water partition coefficient (Wildman–Crippen LogP) is 3.51. The van der Waals surface area contributed by atoms with Crippen LogP contribution in [0.2, 0.25) is 0 Å². The Labute approximate surface area is 113 Å². The Morgan fingerprint density at radius 3 is 2.47 bits per heavy atom. The van der Waals surface area contributed by atoms with Crippen LogP contribution in [-0.4, -0.2) is 13.0 Å². The summed E-state index contributed by atoms with van der Waals surface area (Å²) >= 11 is 0. The molecule has 0 saturated carbocycles. The van der Waals surface area contributed by atoms with E-state index in [9.17, 15) is 4.79 Å². The van der Waals surface area contributed by atoms with Crippen molar-refractivity contribution in [3.63, 3.8) is 0 Å². The summed E-state index contributed by atoms with van der Waals surface area (Å²) in [7, 11) is 1.83. The average Bonchev–Trinajstić information content (AvgIpc) is 2.66. The summed E-state index contributed by atoms with van der Waals surface area (Å²) in [5, 5.41) is 0. The fraction of sp³-hybridized carbons (Fsp3) is 0.118. The maximum Gasteiger partial charge on any atom is 0.258 e. The van der Waals surface area contributed by atoms with E-state index in [4.69, 9.17) is 0 Å². The molecule has 1 amide bonds. The molecule has 1 aliphatic heterocycles. The molecule has 0 radical (unpaired) electrons. The largest absolute Gasteiger partial charge is 0.311 e. The number of aryl methyl sites for hydroxylation is 1. The van der Waals surface area contributed by atoms with Crippen molar-refractivity contribution in [2.24, 2.45) is 0 Å². The third-order valence-corrected chi connectivity index (χ3v) is 3.51. The van der Waals surface area contributed by atoms with Gasteiger partial charge in [0.15, 0.2) is 0 Å². The Hall–Kier alpha value is -2.35. The molecule has 19 heavy (non-hydrogen) atoms. The van der Waals surface area contributed by atoms with Gasteiger partial charge in [0.2, 0.25) is 0 Å². The van der Waals surface area contributed by atoms with Crippen molar-refractivity contribution < 1.29 is 4.79 Å². The van der Waals surface area contributed by atoms with E-state index in [1.54, 1.807) is 4.90 Å². The molecular weight excluding hydrogens is 234 g/mol. The first kappa shape index (κ1) is 11.7. The topological polar surface area (TPSA) is 20.3 Å². The number of hydrogen-bond acceptors (Lipinski definition) is 1. The molecule has 0 aliphatic carbocycles. The molecule has 0 saturated heterocycles. The Morgan fingerprint density at radius 2 is 1.74 bits per heavy atom. The average molecular weight is 249 g/mol. The highest BCUT2D eigenvalue weighted by Gasteiger charge is 2.30. The Morgan fingerprint density at radius 1 is 1.00 bits per heavy atom. The minimum absolute atomic E-state index is 0.0631. The molecule has 0 spiro atoms. The van der Waals surface area contributed by atoms with Crippen LogP contribution >= 0.6 is 0 Å². The fourth-order valence-electron chi connectivity index (χ4n) is 2.57. The second kappa shape index (κ2) is 4.39. The minimum atomic E-state index is 0.0631. The third-order valence-electron chi connectivity index (χ3n) is 3.51. The van der Waals surface area contributed by atoms with Gasteiger partial charge in [0.05, 0.1) is 5.69 Å². The zero-order valence-corrected chi connectivity index (χ0v) is 11.1. The van der Waals surface area contributed by atoms with E-state index >= 15 is 0 Å². The molecule has 2 nitrogen and oxygen atoms in total. The lowest BCUT2D eigenvalue weighted by molar-refractivity contribution is -0.112. The highest BCUT2D eigenvalue weighted by atomic mass is 16.2. The van der Waals surface area contributed by atoms with E-state index in [2.05, 4.69) is 0 Å². The summed E-state index contributed by atoms with van der Waals surface area (Å²) in [6.07, 6.45) is 1.96. The summed E-state index contributed by atoms with van der Waals surface area (Å²) < 4.78 is 0. The SMILES string of the molecule is Cc1cccc2c1N(C)C(=O)/C2=C\c1ccccc1. The first-order valence-corrected chi connectivity index (χ1v) is 6.33.